The van der Waals surface area contributed by atoms with Gasteiger partial charge in [0.1, 0.15) is 11.6 Å². The second-order valence-electron chi connectivity index (χ2n) is 4.47. The van der Waals surface area contributed by atoms with Crippen LogP contribution in [0.4, 0.5) is 5.82 Å². The molecule has 0 radical (unpaired) electrons. The molecular formula is C14H19N3. The van der Waals surface area contributed by atoms with Gasteiger partial charge in [-0.05, 0) is 12.8 Å². The number of benzene rings is 1. The summed E-state index contributed by atoms with van der Waals surface area (Å²) in [5, 5.41) is 0. The molecular weight excluding hydrogens is 210 g/mol. The molecule has 0 unspecified atom stereocenters. The first-order chi connectivity index (χ1) is 8.15. The Bertz CT molecular complexity index is 498. The minimum absolute atomic E-state index is 0.352. The molecule has 1 aromatic heterocycles. The minimum Gasteiger partial charge on any atom is -0.384 e. The molecule has 0 bridgehead atoms. The second-order valence-corrected chi connectivity index (χ2v) is 4.47. The molecule has 17 heavy (non-hydrogen) atoms. The third kappa shape index (κ3) is 2.05. The second kappa shape index (κ2) is 4.62. The van der Waals surface area contributed by atoms with Crippen LogP contribution in [0.15, 0.2) is 30.3 Å². The molecule has 1 heterocycles. The van der Waals surface area contributed by atoms with Gasteiger partial charge in [0, 0.05) is 12.1 Å². The van der Waals surface area contributed by atoms with Crippen molar-refractivity contribution in [3.8, 4) is 11.4 Å². The molecule has 0 aliphatic carbocycles. The van der Waals surface area contributed by atoms with Crippen molar-refractivity contribution in [2.24, 2.45) is 0 Å². The summed E-state index contributed by atoms with van der Waals surface area (Å²) in [7, 11) is 0. The molecule has 2 rings (SSSR count). The normalized spacial score (nSPS) is 11.1. The summed E-state index contributed by atoms with van der Waals surface area (Å²) < 4.78 is 2.07. The van der Waals surface area contributed by atoms with Crippen LogP contribution < -0.4 is 5.73 Å². The lowest BCUT2D eigenvalue weighted by molar-refractivity contribution is 0.777. The molecule has 3 nitrogen and oxygen atoms in total. The van der Waals surface area contributed by atoms with E-state index in [2.05, 4.69) is 42.5 Å². The standard InChI is InChI=1S/C14H19N3/c1-4-17-13(15)12(10(2)3)16-14(17)11-8-6-5-7-9-11/h5-10H,4,15H2,1-3H3. The smallest absolute Gasteiger partial charge is 0.141 e. The topological polar surface area (TPSA) is 43.8 Å². The number of nitrogens with zero attached hydrogens (tertiary/aromatic N) is 2. The number of hydrogen-bond acceptors (Lipinski definition) is 2. The van der Waals surface area contributed by atoms with E-state index >= 15 is 0 Å². The third-order valence-corrected chi connectivity index (χ3v) is 2.93. The van der Waals surface area contributed by atoms with Crippen LogP contribution in [0.25, 0.3) is 11.4 Å². The van der Waals surface area contributed by atoms with Crippen molar-refractivity contribution < 1.29 is 0 Å². The van der Waals surface area contributed by atoms with Crippen LogP contribution in [0.1, 0.15) is 32.4 Å². The quantitative estimate of drug-likeness (QED) is 0.877. The van der Waals surface area contributed by atoms with E-state index in [1.54, 1.807) is 0 Å². The van der Waals surface area contributed by atoms with Crippen molar-refractivity contribution in [1.29, 1.82) is 0 Å². The zero-order valence-corrected chi connectivity index (χ0v) is 10.6. The maximum Gasteiger partial charge on any atom is 0.141 e. The van der Waals surface area contributed by atoms with Crippen LogP contribution in [0, 0.1) is 0 Å². The largest absolute Gasteiger partial charge is 0.384 e. The molecule has 1 aromatic carbocycles. The Kier molecular flexibility index (Phi) is 3.18. The number of nitrogen functional groups attached to an aromatic ring is 1. The summed E-state index contributed by atoms with van der Waals surface area (Å²) >= 11 is 0. The first-order valence-corrected chi connectivity index (χ1v) is 6.06. The number of rotatable bonds is 3. The Labute approximate surface area is 102 Å². The Morgan fingerprint density at radius 3 is 2.41 bits per heavy atom. The molecule has 0 fully saturated rings. The summed E-state index contributed by atoms with van der Waals surface area (Å²) in [4.78, 5) is 4.69. The molecule has 0 amide bonds. The van der Waals surface area contributed by atoms with E-state index in [1.807, 2.05) is 18.2 Å². The van der Waals surface area contributed by atoms with Gasteiger partial charge in [0.2, 0.25) is 0 Å². The van der Waals surface area contributed by atoms with E-state index < -0.39 is 0 Å². The van der Waals surface area contributed by atoms with Crippen LogP contribution >= 0.6 is 0 Å². The van der Waals surface area contributed by atoms with Gasteiger partial charge in [0.25, 0.3) is 0 Å². The Morgan fingerprint density at radius 1 is 1.24 bits per heavy atom. The van der Waals surface area contributed by atoms with Crippen LogP contribution in [-0.2, 0) is 6.54 Å². The van der Waals surface area contributed by atoms with E-state index in [-0.39, 0.29) is 0 Å². The number of aromatic nitrogens is 2. The highest BCUT2D eigenvalue weighted by Gasteiger charge is 2.16. The van der Waals surface area contributed by atoms with Gasteiger partial charge in [0.15, 0.2) is 0 Å². The zero-order valence-electron chi connectivity index (χ0n) is 10.6. The van der Waals surface area contributed by atoms with Crippen molar-refractivity contribution in [2.75, 3.05) is 5.73 Å². The van der Waals surface area contributed by atoms with Crippen LogP contribution in [0.5, 0.6) is 0 Å². The molecule has 0 saturated carbocycles. The average molecular weight is 229 g/mol. The van der Waals surface area contributed by atoms with Gasteiger partial charge in [-0.2, -0.15) is 0 Å². The maximum atomic E-state index is 6.15. The SMILES string of the molecule is CCn1c(-c2ccccc2)nc(C(C)C)c1N. The van der Waals surface area contributed by atoms with Crippen molar-refractivity contribution in [3.05, 3.63) is 36.0 Å². The minimum atomic E-state index is 0.352. The first kappa shape index (κ1) is 11.7. The lowest BCUT2D eigenvalue weighted by Gasteiger charge is -2.06. The zero-order chi connectivity index (χ0) is 12.4. The highest BCUT2D eigenvalue weighted by atomic mass is 15.1. The number of nitrogens with two attached hydrogens (primary N) is 1. The Balaban J connectivity index is 2.58. The molecule has 2 N–H and O–H groups in total. The van der Waals surface area contributed by atoms with Gasteiger partial charge in [-0.3, -0.25) is 0 Å². The van der Waals surface area contributed by atoms with Crippen LogP contribution in [0.3, 0.4) is 0 Å². The first-order valence-electron chi connectivity index (χ1n) is 6.06. The van der Waals surface area contributed by atoms with Gasteiger partial charge >= 0.3 is 0 Å². The molecule has 0 saturated heterocycles. The van der Waals surface area contributed by atoms with Gasteiger partial charge in [0.05, 0.1) is 5.69 Å². The monoisotopic (exact) mass is 229 g/mol. The van der Waals surface area contributed by atoms with Crippen molar-refractivity contribution in [2.45, 2.75) is 33.2 Å². The lowest BCUT2D eigenvalue weighted by Crippen LogP contribution is -2.03. The van der Waals surface area contributed by atoms with Crippen LogP contribution in [-0.4, -0.2) is 9.55 Å². The van der Waals surface area contributed by atoms with Gasteiger partial charge in [-0.1, -0.05) is 44.2 Å². The predicted molar refractivity (Wildman–Crippen MR) is 71.8 cm³/mol. The highest BCUT2D eigenvalue weighted by molar-refractivity contribution is 5.60. The lowest BCUT2D eigenvalue weighted by atomic mass is 10.1. The molecule has 3 heteroatoms. The van der Waals surface area contributed by atoms with Gasteiger partial charge in [-0.25, -0.2) is 4.98 Å². The van der Waals surface area contributed by atoms with E-state index in [4.69, 9.17) is 5.73 Å². The molecule has 2 aromatic rings. The van der Waals surface area contributed by atoms with E-state index in [9.17, 15) is 0 Å². The summed E-state index contributed by atoms with van der Waals surface area (Å²) in [6.07, 6.45) is 0. The van der Waals surface area contributed by atoms with E-state index in [0.717, 1.165) is 29.4 Å². The highest BCUT2D eigenvalue weighted by Crippen LogP contribution is 2.28. The maximum absolute atomic E-state index is 6.15. The Hall–Kier alpha value is -1.77. The third-order valence-electron chi connectivity index (χ3n) is 2.93. The van der Waals surface area contributed by atoms with Crippen molar-refractivity contribution >= 4 is 5.82 Å². The van der Waals surface area contributed by atoms with Gasteiger partial charge < -0.3 is 10.3 Å². The fourth-order valence-corrected chi connectivity index (χ4v) is 2.04. The summed E-state index contributed by atoms with van der Waals surface area (Å²) in [6.45, 7) is 7.17. The molecule has 0 atom stereocenters. The summed E-state index contributed by atoms with van der Waals surface area (Å²) in [6, 6.07) is 10.2. The number of hydrogen-bond donors (Lipinski definition) is 1. The average Bonchev–Trinajstić information content (AvgIpc) is 2.67. The van der Waals surface area contributed by atoms with Crippen molar-refractivity contribution in [3.63, 3.8) is 0 Å². The fraction of sp³-hybridized carbons (Fsp3) is 0.357. The fourth-order valence-electron chi connectivity index (χ4n) is 2.04. The van der Waals surface area contributed by atoms with Crippen LogP contribution in [0.2, 0.25) is 0 Å². The molecule has 90 valence electrons. The molecule has 0 spiro atoms. The number of imidazole rings is 1. The van der Waals surface area contributed by atoms with Gasteiger partial charge in [-0.15, -0.1) is 0 Å². The molecule has 0 aliphatic heterocycles. The summed E-state index contributed by atoms with van der Waals surface area (Å²) in [5.74, 6) is 2.11. The predicted octanol–water partition coefficient (Wildman–Crippen LogP) is 3.28. The van der Waals surface area contributed by atoms with Crippen molar-refractivity contribution in [1.82, 2.24) is 9.55 Å². The Morgan fingerprint density at radius 2 is 1.88 bits per heavy atom. The summed E-state index contributed by atoms with van der Waals surface area (Å²) in [5.41, 5.74) is 8.26. The molecule has 0 aliphatic rings. The van der Waals surface area contributed by atoms with E-state index in [0.29, 0.717) is 5.92 Å². The van der Waals surface area contributed by atoms with E-state index in [1.165, 1.54) is 0 Å². The number of anilines is 1.